The number of aromatic nitrogens is 1. The van der Waals surface area contributed by atoms with Gasteiger partial charge >= 0.3 is 0 Å². The monoisotopic (exact) mass is 407 g/mol. The first-order chi connectivity index (χ1) is 14.1. The Morgan fingerprint density at radius 3 is 2.69 bits per heavy atom. The number of nitrogens with zero attached hydrogens (tertiary/aromatic N) is 2. The van der Waals surface area contributed by atoms with E-state index in [9.17, 15) is 4.79 Å². The van der Waals surface area contributed by atoms with Crippen LogP contribution in [0, 0.1) is 5.92 Å². The van der Waals surface area contributed by atoms with Gasteiger partial charge in [-0.3, -0.25) is 4.79 Å². The van der Waals surface area contributed by atoms with Crippen molar-refractivity contribution in [3.05, 3.63) is 65.2 Å². The molecule has 4 nitrogen and oxygen atoms in total. The molecule has 0 unspecified atom stereocenters. The summed E-state index contributed by atoms with van der Waals surface area (Å²) in [5.74, 6) is 0.958. The third kappa shape index (κ3) is 4.68. The van der Waals surface area contributed by atoms with Crippen LogP contribution in [0.25, 0.3) is 10.2 Å². The van der Waals surface area contributed by atoms with Gasteiger partial charge in [-0.15, -0.1) is 11.3 Å². The number of piperidine rings is 1. The highest BCUT2D eigenvalue weighted by atomic mass is 32.1. The molecule has 0 aliphatic carbocycles. The smallest absolute Gasteiger partial charge is 0.236 e. The molecule has 2 atom stereocenters. The molecule has 1 N–H and O–H groups in total. The fraction of sp³-hybridized carbons (Fsp3) is 0.417. The van der Waals surface area contributed by atoms with E-state index in [1.54, 1.807) is 11.3 Å². The van der Waals surface area contributed by atoms with Gasteiger partial charge in [0.2, 0.25) is 5.91 Å². The molecule has 3 aromatic rings. The number of thiazole rings is 1. The Morgan fingerprint density at radius 2 is 1.93 bits per heavy atom. The van der Waals surface area contributed by atoms with Crippen molar-refractivity contribution in [1.29, 1.82) is 0 Å². The number of amides is 1. The fourth-order valence-electron chi connectivity index (χ4n) is 4.18. The van der Waals surface area contributed by atoms with Crippen LogP contribution in [0.3, 0.4) is 0 Å². The van der Waals surface area contributed by atoms with Crippen LogP contribution in [0.1, 0.15) is 49.2 Å². The van der Waals surface area contributed by atoms with Gasteiger partial charge in [-0.25, -0.2) is 4.98 Å². The quantitative estimate of drug-likeness (QED) is 0.626. The predicted octanol–water partition coefficient (Wildman–Crippen LogP) is 4.99. The van der Waals surface area contributed by atoms with Gasteiger partial charge in [-0.2, -0.15) is 0 Å². The zero-order valence-corrected chi connectivity index (χ0v) is 18.0. The van der Waals surface area contributed by atoms with Crippen LogP contribution in [0.5, 0.6) is 0 Å². The number of hydrogen-bond acceptors (Lipinski definition) is 4. The Labute approximate surface area is 177 Å². The van der Waals surface area contributed by atoms with Gasteiger partial charge < -0.3 is 10.2 Å². The minimum absolute atomic E-state index is 0.185. The summed E-state index contributed by atoms with van der Waals surface area (Å²) in [5.41, 5.74) is 2.31. The third-order valence-corrected chi connectivity index (χ3v) is 6.93. The molecule has 2 aromatic carbocycles. The first-order valence-electron chi connectivity index (χ1n) is 10.5. The van der Waals surface area contributed by atoms with Crippen LogP contribution in [-0.2, 0) is 4.79 Å². The summed E-state index contributed by atoms with van der Waals surface area (Å²) < 4.78 is 1.23. The molecule has 0 bridgehead atoms. The summed E-state index contributed by atoms with van der Waals surface area (Å²) >= 11 is 1.77. The molecule has 1 fully saturated rings. The van der Waals surface area contributed by atoms with Gasteiger partial charge in [-0.1, -0.05) is 56.3 Å². The van der Waals surface area contributed by atoms with Crippen molar-refractivity contribution >= 4 is 27.5 Å². The van der Waals surface area contributed by atoms with E-state index < -0.39 is 0 Å². The number of carbonyl (C=O) groups is 1. The van der Waals surface area contributed by atoms with Crippen LogP contribution in [0.15, 0.2) is 54.6 Å². The Balaban J connectivity index is 1.39. The molecule has 5 heteroatoms. The molecule has 152 valence electrons. The van der Waals surface area contributed by atoms with Crippen LogP contribution >= 0.6 is 11.3 Å². The number of rotatable bonds is 6. The number of hydrogen-bond donors (Lipinski definition) is 1. The van der Waals surface area contributed by atoms with Gasteiger partial charge in [0.1, 0.15) is 0 Å². The minimum atomic E-state index is 0.185. The Morgan fingerprint density at radius 1 is 1.17 bits per heavy atom. The van der Waals surface area contributed by atoms with Crippen LogP contribution in [-0.4, -0.2) is 35.4 Å². The second-order valence-corrected chi connectivity index (χ2v) is 9.27. The van der Waals surface area contributed by atoms with E-state index in [0.717, 1.165) is 31.4 Å². The summed E-state index contributed by atoms with van der Waals surface area (Å²) in [7, 11) is 0. The highest BCUT2D eigenvalue weighted by Gasteiger charge is 2.27. The van der Waals surface area contributed by atoms with Crippen molar-refractivity contribution in [2.75, 3.05) is 19.6 Å². The maximum absolute atomic E-state index is 13.0. The molecule has 1 saturated heterocycles. The number of fused-ring (bicyclic) bond motifs is 1. The average molecular weight is 408 g/mol. The van der Waals surface area contributed by atoms with Crippen molar-refractivity contribution in [3.8, 4) is 0 Å². The second kappa shape index (κ2) is 9.06. The molecule has 0 saturated carbocycles. The zero-order valence-electron chi connectivity index (χ0n) is 17.2. The predicted molar refractivity (Wildman–Crippen MR) is 120 cm³/mol. The molecule has 0 spiro atoms. The van der Waals surface area contributed by atoms with Gasteiger partial charge in [0.15, 0.2) is 0 Å². The zero-order chi connectivity index (χ0) is 20.2. The Bertz CT molecular complexity index is 920. The van der Waals surface area contributed by atoms with Crippen molar-refractivity contribution in [2.24, 2.45) is 5.92 Å². The summed E-state index contributed by atoms with van der Waals surface area (Å²) in [6.45, 7) is 6.39. The van der Waals surface area contributed by atoms with Crippen LogP contribution in [0.4, 0.5) is 0 Å². The van der Waals surface area contributed by atoms with Gasteiger partial charge in [0.05, 0.1) is 21.8 Å². The SMILES string of the molecule is CC(C)[C@H](NCC(=O)N1CCC[C@H](c2nc3ccccc3s2)C1)c1ccccc1. The van der Waals surface area contributed by atoms with Gasteiger partial charge in [0.25, 0.3) is 0 Å². The lowest BCUT2D eigenvalue weighted by molar-refractivity contribution is -0.131. The molecule has 0 radical (unpaired) electrons. The number of carbonyl (C=O) groups excluding carboxylic acids is 1. The molecular formula is C24H29N3OS. The second-order valence-electron chi connectivity index (χ2n) is 8.21. The number of para-hydroxylation sites is 1. The van der Waals surface area contributed by atoms with E-state index in [1.165, 1.54) is 15.3 Å². The third-order valence-electron chi connectivity index (χ3n) is 5.73. The van der Waals surface area contributed by atoms with Crippen LogP contribution < -0.4 is 5.32 Å². The lowest BCUT2D eigenvalue weighted by Crippen LogP contribution is -2.44. The first-order valence-corrected chi connectivity index (χ1v) is 11.3. The minimum Gasteiger partial charge on any atom is -0.341 e. The topological polar surface area (TPSA) is 45.2 Å². The van der Waals surface area contributed by atoms with Gasteiger partial charge in [0, 0.05) is 25.0 Å². The summed E-state index contributed by atoms with van der Waals surface area (Å²) in [4.78, 5) is 19.8. The highest BCUT2D eigenvalue weighted by molar-refractivity contribution is 7.18. The molecular weight excluding hydrogens is 378 g/mol. The summed E-state index contributed by atoms with van der Waals surface area (Å²) in [6.07, 6.45) is 2.15. The van der Waals surface area contributed by atoms with E-state index in [-0.39, 0.29) is 11.9 Å². The fourth-order valence-corrected chi connectivity index (χ4v) is 5.27. The van der Waals surface area contributed by atoms with Crippen LogP contribution in [0.2, 0.25) is 0 Å². The van der Waals surface area contributed by atoms with E-state index in [1.807, 2.05) is 17.0 Å². The van der Waals surface area contributed by atoms with E-state index in [2.05, 4.69) is 61.6 Å². The van der Waals surface area contributed by atoms with Gasteiger partial charge in [-0.05, 0) is 36.5 Å². The Hall–Kier alpha value is -2.24. The standard InChI is InChI=1S/C24H29N3OS/c1-17(2)23(18-9-4-3-5-10-18)25-15-22(28)27-14-8-11-19(16-27)24-26-20-12-6-7-13-21(20)29-24/h3-7,9-10,12-13,17,19,23,25H,8,11,14-16H2,1-2H3/t19-,23-/m0/s1. The summed E-state index contributed by atoms with van der Waals surface area (Å²) in [6, 6.07) is 18.9. The lowest BCUT2D eigenvalue weighted by atomic mass is 9.96. The molecule has 1 aliphatic rings. The number of nitrogens with one attached hydrogen (secondary N) is 1. The van der Waals surface area contributed by atoms with Crippen molar-refractivity contribution < 1.29 is 4.79 Å². The highest BCUT2D eigenvalue weighted by Crippen LogP contribution is 2.33. The average Bonchev–Trinajstić information content (AvgIpc) is 3.19. The van der Waals surface area contributed by atoms with Crippen molar-refractivity contribution in [2.45, 2.75) is 38.6 Å². The largest absolute Gasteiger partial charge is 0.341 e. The normalized spacial score (nSPS) is 18.3. The van der Waals surface area contributed by atoms with Crippen molar-refractivity contribution in [1.82, 2.24) is 15.2 Å². The van der Waals surface area contributed by atoms with Crippen molar-refractivity contribution in [3.63, 3.8) is 0 Å². The molecule has 1 amide bonds. The molecule has 2 heterocycles. The first kappa shape index (κ1) is 20.0. The lowest BCUT2D eigenvalue weighted by Gasteiger charge is -2.33. The van der Waals surface area contributed by atoms with E-state index >= 15 is 0 Å². The molecule has 1 aromatic heterocycles. The molecule has 4 rings (SSSR count). The molecule has 1 aliphatic heterocycles. The summed E-state index contributed by atoms with van der Waals surface area (Å²) in [5, 5.41) is 4.67. The Kier molecular flexibility index (Phi) is 6.26. The number of likely N-dealkylation sites (tertiary alicyclic amines) is 1. The van der Waals surface area contributed by atoms with E-state index in [4.69, 9.17) is 4.98 Å². The molecule has 29 heavy (non-hydrogen) atoms. The number of benzene rings is 2. The maximum atomic E-state index is 13.0. The van der Waals surface area contributed by atoms with E-state index in [0.29, 0.717) is 18.4 Å². The maximum Gasteiger partial charge on any atom is 0.236 e.